The average molecular weight is 519 g/mol. The molecule has 34 heavy (non-hydrogen) atoms. The Bertz CT molecular complexity index is 951. The number of aromatic nitrogens is 1. The molecule has 0 radical (unpaired) electrons. The summed E-state index contributed by atoms with van der Waals surface area (Å²) < 4.78 is 49.6. The molecule has 0 fully saturated rings. The minimum atomic E-state index is -4.49. The van der Waals surface area contributed by atoms with Crippen LogP contribution in [0.2, 0.25) is 0 Å². The molecule has 0 bridgehead atoms. The SMILES string of the molecule is CCc1cc(OCC=C(Cl)Cl)cc(CC)c1OCCCCNC(=O)c1ccc(C(F)(F)F)cn1. The highest BCUT2D eigenvalue weighted by Crippen LogP contribution is 2.31. The van der Waals surface area contributed by atoms with Gasteiger partial charge in [-0.15, -0.1) is 0 Å². The van der Waals surface area contributed by atoms with Gasteiger partial charge in [0.1, 0.15) is 28.3 Å². The number of pyridine rings is 1. The van der Waals surface area contributed by atoms with E-state index in [4.69, 9.17) is 32.7 Å². The summed E-state index contributed by atoms with van der Waals surface area (Å²) in [5, 5.41) is 2.66. The van der Waals surface area contributed by atoms with E-state index < -0.39 is 17.6 Å². The molecule has 0 saturated heterocycles. The van der Waals surface area contributed by atoms with Crippen LogP contribution in [0.15, 0.2) is 41.0 Å². The topological polar surface area (TPSA) is 60.5 Å². The zero-order valence-corrected chi connectivity index (χ0v) is 20.5. The molecule has 1 amide bonds. The van der Waals surface area contributed by atoms with Crippen molar-refractivity contribution in [1.82, 2.24) is 10.3 Å². The quantitative estimate of drug-likeness (QED) is 0.325. The third kappa shape index (κ3) is 8.72. The molecule has 0 spiro atoms. The summed E-state index contributed by atoms with van der Waals surface area (Å²) in [5.74, 6) is 1.03. The highest BCUT2D eigenvalue weighted by Gasteiger charge is 2.30. The van der Waals surface area contributed by atoms with Gasteiger partial charge in [0.25, 0.3) is 5.91 Å². The van der Waals surface area contributed by atoms with Crippen molar-refractivity contribution >= 4 is 29.1 Å². The number of hydrogen-bond acceptors (Lipinski definition) is 4. The van der Waals surface area contributed by atoms with Gasteiger partial charge >= 0.3 is 6.18 Å². The number of aryl methyl sites for hydroxylation is 2. The monoisotopic (exact) mass is 518 g/mol. The lowest BCUT2D eigenvalue weighted by Gasteiger charge is -2.17. The maximum atomic E-state index is 12.6. The highest BCUT2D eigenvalue weighted by atomic mass is 35.5. The normalized spacial score (nSPS) is 11.1. The number of alkyl halides is 3. The van der Waals surface area contributed by atoms with Gasteiger partial charge in [0.05, 0.1) is 12.2 Å². The standard InChI is InChI=1S/C24H27Cl2F3N2O3/c1-3-16-13-19(33-12-9-21(25)26)14-17(4-2)22(16)34-11-6-5-10-30-23(32)20-8-7-18(15-31-20)24(27,28)29/h7-9,13-15H,3-6,10-12H2,1-2H3,(H,30,32). The number of nitrogens with zero attached hydrogens (tertiary/aromatic N) is 1. The summed E-state index contributed by atoms with van der Waals surface area (Å²) in [6.45, 7) is 5.15. The van der Waals surface area contributed by atoms with Crippen LogP contribution in [-0.2, 0) is 19.0 Å². The van der Waals surface area contributed by atoms with Gasteiger partial charge in [0.2, 0.25) is 0 Å². The Hall–Kier alpha value is -2.45. The second kappa shape index (κ2) is 13.4. The van der Waals surface area contributed by atoms with E-state index in [1.54, 1.807) is 6.08 Å². The number of unbranched alkanes of at least 4 members (excludes halogenated alkanes) is 1. The van der Waals surface area contributed by atoms with Crippen molar-refractivity contribution in [3.63, 3.8) is 0 Å². The number of benzene rings is 1. The van der Waals surface area contributed by atoms with Crippen LogP contribution in [0.4, 0.5) is 13.2 Å². The maximum absolute atomic E-state index is 12.6. The van der Waals surface area contributed by atoms with E-state index in [1.165, 1.54) is 0 Å². The number of nitrogens with one attached hydrogen (secondary N) is 1. The number of rotatable bonds is 12. The molecular formula is C24H27Cl2F3N2O3. The molecule has 0 aliphatic carbocycles. The summed E-state index contributed by atoms with van der Waals surface area (Å²) >= 11 is 11.2. The fourth-order valence-electron chi connectivity index (χ4n) is 3.11. The van der Waals surface area contributed by atoms with Gasteiger partial charge in [-0.05, 0) is 67.2 Å². The summed E-state index contributed by atoms with van der Waals surface area (Å²) in [6.07, 6.45) is 0.590. The fourth-order valence-corrected chi connectivity index (χ4v) is 3.23. The Morgan fingerprint density at radius 2 is 1.76 bits per heavy atom. The molecule has 1 aromatic carbocycles. The first-order valence-electron chi connectivity index (χ1n) is 10.9. The van der Waals surface area contributed by atoms with Crippen molar-refractivity contribution in [3.8, 4) is 11.5 Å². The van der Waals surface area contributed by atoms with Crippen LogP contribution in [0, 0.1) is 0 Å². The summed E-state index contributed by atoms with van der Waals surface area (Å²) in [7, 11) is 0. The predicted molar refractivity (Wildman–Crippen MR) is 127 cm³/mol. The summed E-state index contributed by atoms with van der Waals surface area (Å²) in [5.41, 5.74) is 1.10. The molecule has 0 aliphatic heterocycles. The van der Waals surface area contributed by atoms with Crippen molar-refractivity contribution in [3.05, 3.63) is 63.4 Å². The van der Waals surface area contributed by atoms with Crippen LogP contribution in [0.3, 0.4) is 0 Å². The Kier molecular flexibility index (Phi) is 11.0. The van der Waals surface area contributed by atoms with Crippen LogP contribution >= 0.6 is 23.2 Å². The molecule has 2 aromatic rings. The van der Waals surface area contributed by atoms with Gasteiger partial charge in [-0.2, -0.15) is 13.2 Å². The fraction of sp³-hybridized carbons (Fsp3) is 0.417. The van der Waals surface area contributed by atoms with Crippen molar-refractivity contribution in [2.75, 3.05) is 19.8 Å². The van der Waals surface area contributed by atoms with Gasteiger partial charge < -0.3 is 14.8 Å². The predicted octanol–water partition coefficient (Wildman–Crippen LogP) is 6.51. The first-order valence-corrected chi connectivity index (χ1v) is 11.6. The zero-order chi connectivity index (χ0) is 25.1. The van der Waals surface area contributed by atoms with Crippen molar-refractivity contribution in [1.29, 1.82) is 0 Å². The Balaban J connectivity index is 1.82. The van der Waals surface area contributed by atoms with Crippen LogP contribution in [0.1, 0.15) is 53.9 Å². The van der Waals surface area contributed by atoms with Crippen molar-refractivity contribution in [2.24, 2.45) is 0 Å². The Morgan fingerprint density at radius 1 is 1.09 bits per heavy atom. The van der Waals surface area contributed by atoms with E-state index in [1.807, 2.05) is 26.0 Å². The van der Waals surface area contributed by atoms with Crippen LogP contribution in [0.5, 0.6) is 11.5 Å². The molecule has 5 nitrogen and oxygen atoms in total. The third-order valence-electron chi connectivity index (χ3n) is 4.89. The van der Waals surface area contributed by atoms with Crippen LogP contribution < -0.4 is 14.8 Å². The molecule has 0 saturated carbocycles. The lowest BCUT2D eigenvalue weighted by molar-refractivity contribution is -0.137. The first kappa shape index (κ1) is 27.8. The Labute approximate surface area is 207 Å². The van der Waals surface area contributed by atoms with E-state index in [2.05, 4.69) is 10.3 Å². The second-order valence-corrected chi connectivity index (χ2v) is 8.33. The highest BCUT2D eigenvalue weighted by molar-refractivity contribution is 6.55. The minimum absolute atomic E-state index is 0.0597. The lowest BCUT2D eigenvalue weighted by atomic mass is 10.0. The first-order chi connectivity index (χ1) is 16.2. The number of halogens is 5. The maximum Gasteiger partial charge on any atom is 0.417 e. The number of ether oxygens (including phenoxy) is 2. The minimum Gasteiger partial charge on any atom is -0.493 e. The van der Waals surface area contributed by atoms with Gasteiger partial charge in [0, 0.05) is 12.7 Å². The van der Waals surface area contributed by atoms with E-state index in [9.17, 15) is 18.0 Å². The summed E-state index contributed by atoms with van der Waals surface area (Å²) in [4.78, 5) is 15.6. The lowest BCUT2D eigenvalue weighted by Crippen LogP contribution is -2.25. The largest absolute Gasteiger partial charge is 0.493 e. The molecule has 0 aliphatic rings. The van der Waals surface area contributed by atoms with Gasteiger partial charge in [-0.25, -0.2) is 0 Å². The summed E-state index contributed by atoms with van der Waals surface area (Å²) in [6, 6.07) is 5.77. The molecule has 10 heteroatoms. The number of hydrogen-bond donors (Lipinski definition) is 1. The van der Waals surface area contributed by atoms with E-state index >= 15 is 0 Å². The van der Waals surface area contributed by atoms with Crippen LogP contribution in [0.25, 0.3) is 0 Å². The van der Waals surface area contributed by atoms with Gasteiger partial charge in [-0.3, -0.25) is 9.78 Å². The molecule has 0 atom stereocenters. The van der Waals surface area contributed by atoms with E-state index in [-0.39, 0.29) is 16.8 Å². The molecule has 186 valence electrons. The molecule has 2 rings (SSSR count). The Morgan fingerprint density at radius 3 is 2.29 bits per heavy atom. The second-order valence-electron chi connectivity index (χ2n) is 7.32. The molecule has 1 heterocycles. The molecule has 1 aromatic heterocycles. The van der Waals surface area contributed by atoms with Crippen molar-refractivity contribution < 1.29 is 27.4 Å². The smallest absolute Gasteiger partial charge is 0.417 e. The number of amides is 1. The molecule has 1 N–H and O–H groups in total. The third-order valence-corrected chi connectivity index (χ3v) is 5.20. The number of carbonyl (C=O) groups is 1. The average Bonchev–Trinajstić information content (AvgIpc) is 2.80. The van der Waals surface area contributed by atoms with Crippen molar-refractivity contribution in [2.45, 2.75) is 45.7 Å². The van der Waals surface area contributed by atoms with E-state index in [0.717, 1.165) is 41.9 Å². The number of carbonyl (C=O) groups excluding carboxylic acids is 1. The zero-order valence-electron chi connectivity index (χ0n) is 19.0. The molecular weight excluding hydrogens is 492 g/mol. The van der Waals surface area contributed by atoms with E-state index in [0.29, 0.717) is 37.9 Å². The molecule has 0 unspecified atom stereocenters. The van der Waals surface area contributed by atoms with Crippen LogP contribution in [-0.4, -0.2) is 30.6 Å². The van der Waals surface area contributed by atoms with Gasteiger partial charge in [0.15, 0.2) is 0 Å². The van der Waals surface area contributed by atoms with Gasteiger partial charge in [-0.1, -0.05) is 37.0 Å².